The van der Waals surface area contributed by atoms with Crippen molar-refractivity contribution in [1.82, 2.24) is 4.90 Å². The minimum atomic E-state index is -1.01. The summed E-state index contributed by atoms with van der Waals surface area (Å²) in [6, 6.07) is 7.01. The van der Waals surface area contributed by atoms with E-state index >= 15 is 0 Å². The second kappa shape index (κ2) is 9.21. The van der Waals surface area contributed by atoms with Gasteiger partial charge in [-0.25, -0.2) is 0 Å². The van der Waals surface area contributed by atoms with Gasteiger partial charge in [-0.3, -0.25) is 14.5 Å². The van der Waals surface area contributed by atoms with Crippen molar-refractivity contribution < 1.29 is 29.5 Å². The molecule has 0 spiro atoms. The second-order valence-corrected chi connectivity index (χ2v) is 9.00. The van der Waals surface area contributed by atoms with E-state index in [2.05, 4.69) is 13.0 Å². The highest BCUT2D eigenvalue weighted by Crippen LogP contribution is 2.50. The zero-order valence-corrected chi connectivity index (χ0v) is 18.5. The lowest BCUT2D eigenvalue weighted by atomic mass is 9.58. The minimum absolute atomic E-state index is 0.180. The molecule has 2 heterocycles. The van der Waals surface area contributed by atoms with Crippen molar-refractivity contribution in [3.8, 4) is 5.75 Å². The molecule has 8 heteroatoms. The fourth-order valence-corrected chi connectivity index (χ4v) is 5.54. The summed E-state index contributed by atoms with van der Waals surface area (Å²) in [6.07, 6.45) is 4.48. The van der Waals surface area contributed by atoms with E-state index in [0.717, 1.165) is 29.6 Å². The summed E-state index contributed by atoms with van der Waals surface area (Å²) < 4.78 is 5.90. The van der Waals surface area contributed by atoms with Gasteiger partial charge in [0.05, 0.1) is 24.5 Å². The third kappa shape index (κ3) is 4.14. The van der Waals surface area contributed by atoms with E-state index in [1.165, 1.54) is 17.5 Å². The van der Waals surface area contributed by atoms with Crippen LogP contribution in [0.25, 0.3) is 6.08 Å². The van der Waals surface area contributed by atoms with E-state index in [-0.39, 0.29) is 36.4 Å². The van der Waals surface area contributed by atoms with Crippen LogP contribution in [-0.4, -0.2) is 58.8 Å². The topological polar surface area (TPSA) is 107 Å². The number of rotatable bonds is 6. The van der Waals surface area contributed by atoms with Gasteiger partial charge in [-0.1, -0.05) is 30.7 Å². The molecule has 0 saturated carbocycles. The Morgan fingerprint density at radius 3 is 2.59 bits per heavy atom. The number of likely N-dealkylation sites (tertiary alicyclic amines) is 1. The first kappa shape index (κ1) is 22.8. The van der Waals surface area contributed by atoms with Crippen molar-refractivity contribution in [3.63, 3.8) is 0 Å². The van der Waals surface area contributed by atoms with Gasteiger partial charge >= 0.3 is 7.12 Å². The van der Waals surface area contributed by atoms with Gasteiger partial charge in [-0.05, 0) is 66.8 Å². The average Bonchev–Trinajstić information content (AvgIpc) is 3.00. The van der Waals surface area contributed by atoms with Crippen LogP contribution in [0.5, 0.6) is 5.75 Å². The maximum Gasteiger partial charge on any atom is 0.455 e. The molecule has 7 nitrogen and oxygen atoms in total. The molecule has 2 aliphatic heterocycles. The summed E-state index contributed by atoms with van der Waals surface area (Å²) in [7, 11) is 0.503. The Labute approximate surface area is 188 Å². The molecule has 32 heavy (non-hydrogen) atoms. The molecule has 3 N–H and O–H groups in total. The number of fused-ring (bicyclic) bond motifs is 3. The number of phenolic OH excluding ortho intramolecular Hbond substituents is 1. The number of carbonyl (C=O) groups excluding carboxylic acids is 2. The lowest BCUT2D eigenvalue weighted by molar-refractivity contribution is -0.138. The van der Waals surface area contributed by atoms with Gasteiger partial charge in [-0.2, -0.15) is 0 Å². The zero-order valence-electron chi connectivity index (χ0n) is 18.5. The molecule has 4 rings (SSSR count). The van der Waals surface area contributed by atoms with E-state index in [1.54, 1.807) is 12.1 Å². The third-order valence-electron chi connectivity index (χ3n) is 7.16. The van der Waals surface area contributed by atoms with Gasteiger partial charge in [-0.15, -0.1) is 0 Å². The highest BCUT2D eigenvalue weighted by molar-refractivity contribution is 6.43. The third-order valence-corrected chi connectivity index (χ3v) is 7.16. The molecule has 0 aromatic heterocycles. The fraction of sp³-hybridized carbons (Fsp3) is 0.500. The van der Waals surface area contributed by atoms with Crippen LogP contribution < -0.4 is 0 Å². The number of hydrogen-bond acceptors (Lipinski definition) is 6. The van der Waals surface area contributed by atoms with Crippen LogP contribution in [0.3, 0.4) is 0 Å². The number of benzene rings is 1. The van der Waals surface area contributed by atoms with Gasteiger partial charge in [0.25, 0.3) is 0 Å². The van der Waals surface area contributed by atoms with Crippen LogP contribution >= 0.6 is 0 Å². The molecule has 4 atom stereocenters. The summed E-state index contributed by atoms with van der Waals surface area (Å²) in [6.45, 7) is 1.90. The molecular weight excluding hydrogens is 409 g/mol. The van der Waals surface area contributed by atoms with E-state index < -0.39 is 25.1 Å². The molecule has 3 aliphatic rings. The normalized spacial score (nSPS) is 28.3. The maximum absolute atomic E-state index is 12.8. The molecule has 0 bridgehead atoms. The highest BCUT2D eigenvalue weighted by Gasteiger charge is 2.56. The predicted molar refractivity (Wildman–Crippen MR) is 120 cm³/mol. The van der Waals surface area contributed by atoms with Crippen LogP contribution in [0.2, 0.25) is 6.32 Å². The number of allylic oxidation sites excluding steroid dienone is 1. The quantitative estimate of drug-likeness (QED) is 0.357. The van der Waals surface area contributed by atoms with Crippen molar-refractivity contribution in [2.45, 2.75) is 45.0 Å². The van der Waals surface area contributed by atoms with Gasteiger partial charge in [0.2, 0.25) is 11.8 Å². The van der Waals surface area contributed by atoms with E-state index in [4.69, 9.17) is 4.65 Å². The minimum Gasteiger partial charge on any atom is -0.508 e. The Hall–Kier alpha value is -2.42. The number of phenols is 1. The van der Waals surface area contributed by atoms with Crippen molar-refractivity contribution in [2.75, 3.05) is 13.7 Å². The largest absolute Gasteiger partial charge is 0.508 e. The average molecular weight is 439 g/mol. The maximum atomic E-state index is 12.8. The van der Waals surface area contributed by atoms with Crippen LogP contribution in [-0.2, 0) is 14.2 Å². The molecule has 2 fully saturated rings. The molecule has 0 unspecified atom stereocenters. The number of carbonyl (C=O) groups is 2. The highest BCUT2D eigenvalue weighted by atomic mass is 16.5. The number of aromatic hydroxyl groups is 1. The number of aliphatic hydroxyl groups is 1. The summed E-state index contributed by atoms with van der Waals surface area (Å²) in [4.78, 5) is 26.6. The summed E-state index contributed by atoms with van der Waals surface area (Å²) >= 11 is 0. The first-order chi connectivity index (χ1) is 15.3. The first-order valence-corrected chi connectivity index (χ1v) is 11.3. The van der Waals surface area contributed by atoms with E-state index in [0.29, 0.717) is 12.8 Å². The molecule has 2 saturated heterocycles. The van der Waals surface area contributed by atoms with Crippen LogP contribution in [0.15, 0.2) is 41.0 Å². The van der Waals surface area contributed by atoms with Crippen LogP contribution in [0.4, 0.5) is 0 Å². The van der Waals surface area contributed by atoms with Gasteiger partial charge < -0.3 is 19.9 Å². The summed E-state index contributed by atoms with van der Waals surface area (Å²) in [5.41, 5.74) is 3.86. The van der Waals surface area contributed by atoms with Crippen molar-refractivity contribution in [2.24, 2.45) is 17.8 Å². The van der Waals surface area contributed by atoms with Gasteiger partial charge in [0.1, 0.15) is 5.75 Å². The van der Waals surface area contributed by atoms with E-state index in [9.17, 15) is 24.8 Å². The van der Waals surface area contributed by atoms with Crippen molar-refractivity contribution >= 4 is 25.0 Å². The predicted octanol–water partition coefficient (Wildman–Crippen LogP) is 2.38. The zero-order chi connectivity index (χ0) is 23.0. The Morgan fingerprint density at radius 2 is 1.94 bits per heavy atom. The first-order valence-electron chi connectivity index (χ1n) is 11.3. The molecule has 170 valence electrons. The summed E-state index contributed by atoms with van der Waals surface area (Å²) in [5, 5.41) is 30.0. The molecule has 2 amide bonds. The number of amides is 2. The molecule has 1 aliphatic carbocycles. The van der Waals surface area contributed by atoms with E-state index in [1.807, 2.05) is 12.1 Å². The second-order valence-electron chi connectivity index (χ2n) is 9.00. The Kier molecular flexibility index (Phi) is 6.56. The Morgan fingerprint density at radius 1 is 1.22 bits per heavy atom. The lowest BCUT2D eigenvalue weighted by Gasteiger charge is -2.43. The molecule has 1 aromatic rings. The molecular formula is C24H30BNO6. The van der Waals surface area contributed by atoms with Gasteiger partial charge in [0.15, 0.2) is 0 Å². The standard InChI is InChI=1S/C24H30BNO6/c1-3-14(10-15-4-7-17(28)8-5-15)6-9-20-21-16(13-27)11-18-22(19(21)12-25(31)32-20)24(30)26(2)23(18)29/h4-5,7-8,10,18-20,22,27-28,31H,3,6,9,11-13H2,1-2H3/b14-10+/t18-,19+,20-,22-/m1/s1. The fourth-order valence-electron chi connectivity index (χ4n) is 5.54. The molecule has 1 aromatic carbocycles. The smallest absolute Gasteiger partial charge is 0.455 e. The van der Waals surface area contributed by atoms with Crippen LogP contribution in [0.1, 0.15) is 38.2 Å². The van der Waals surface area contributed by atoms with Crippen LogP contribution in [0, 0.1) is 17.8 Å². The number of hydrogen-bond donors (Lipinski definition) is 3. The monoisotopic (exact) mass is 439 g/mol. The number of aliphatic hydroxyl groups excluding tert-OH is 1. The Balaban J connectivity index is 1.58. The van der Waals surface area contributed by atoms with Crippen molar-refractivity contribution in [1.29, 1.82) is 0 Å². The number of nitrogens with zero attached hydrogens (tertiary/aromatic N) is 1. The lowest BCUT2D eigenvalue weighted by Crippen LogP contribution is -2.46. The van der Waals surface area contributed by atoms with Gasteiger partial charge in [0, 0.05) is 7.05 Å². The number of imide groups is 1. The van der Waals surface area contributed by atoms with Crippen molar-refractivity contribution in [3.05, 3.63) is 46.5 Å². The SMILES string of the molecule is CC/C(=C\c1ccc(O)cc1)CC[C@H]1OB(O)C[C@H]2C1=C(CO)C[C@H]1C(=O)N(C)C(=O)[C@H]12. The molecule has 0 radical (unpaired) electrons. The Bertz CT molecular complexity index is 956. The summed E-state index contributed by atoms with van der Waals surface area (Å²) in [5.74, 6) is -1.42.